The number of carbonyl (C=O) groups is 2. The highest BCUT2D eigenvalue weighted by Crippen LogP contribution is 1.95. The van der Waals surface area contributed by atoms with Crippen LogP contribution < -0.4 is 11.5 Å². The molecule has 0 bridgehead atoms. The number of nitrogens with one attached hydrogen (secondary N) is 1. The number of primary amides is 2. The fraction of sp³-hybridized carbons (Fsp3) is 0.250. The van der Waals surface area contributed by atoms with Gasteiger partial charge in [-0.05, 0) is 0 Å². The van der Waals surface area contributed by atoms with Crippen molar-refractivity contribution < 1.29 is 9.59 Å². The molecule has 0 aromatic heterocycles. The first-order valence-corrected chi connectivity index (χ1v) is 2.72. The van der Waals surface area contributed by atoms with Gasteiger partial charge in [0.15, 0.2) is 5.38 Å². The van der Waals surface area contributed by atoms with Crippen molar-refractivity contribution in [2.75, 3.05) is 0 Å². The molecule has 0 aromatic rings. The van der Waals surface area contributed by atoms with E-state index in [2.05, 4.69) is 11.5 Å². The van der Waals surface area contributed by atoms with Crippen molar-refractivity contribution in [2.45, 2.75) is 5.38 Å². The largest absolute Gasteiger partial charge is 0.368 e. The van der Waals surface area contributed by atoms with Gasteiger partial charge in [0.2, 0.25) is 5.91 Å². The molecular formula is C4H6ClN3O2. The average Bonchev–Trinajstić information content (AvgIpc) is 1.84. The molecule has 0 aliphatic heterocycles. The van der Waals surface area contributed by atoms with E-state index in [1.807, 2.05) is 0 Å². The zero-order valence-electron chi connectivity index (χ0n) is 4.93. The molecule has 0 aliphatic carbocycles. The van der Waals surface area contributed by atoms with Crippen molar-refractivity contribution >= 4 is 29.1 Å². The second kappa shape index (κ2) is 3.17. The van der Waals surface area contributed by atoms with Crippen molar-refractivity contribution in [3.63, 3.8) is 0 Å². The maximum Gasteiger partial charge on any atom is 0.264 e. The van der Waals surface area contributed by atoms with Crippen LogP contribution in [0.1, 0.15) is 0 Å². The molecule has 0 spiro atoms. The van der Waals surface area contributed by atoms with Gasteiger partial charge in [-0.1, -0.05) is 0 Å². The highest BCUT2D eigenvalue weighted by molar-refractivity contribution is 6.56. The molecular weight excluding hydrogens is 158 g/mol. The van der Waals surface area contributed by atoms with Crippen LogP contribution in [0.2, 0.25) is 0 Å². The summed E-state index contributed by atoms with van der Waals surface area (Å²) in [6.45, 7) is 0. The number of nitrogens with two attached hydrogens (primary N) is 2. The van der Waals surface area contributed by atoms with Crippen LogP contribution in [-0.4, -0.2) is 22.9 Å². The first-order chi connectivity index (χ1) is 4.46. The minimum atomic E-state index is -1.42. The molecule has 5 nitrogen and oxygen atoms in total. The Morgan fingerprint density at radius 1 is 1.40 bits per heavy atom. The van der Waals surface area contributed by atoms with E-state index in [1.54, 1.807) is 0 Å². The third-order valence-corrected chi connectivity index (χ3v) is 1.20. The summed E-state index contributed by atoms with van der Waals surface area (Å²) < 4.78 is 0. The Kier molecular flexibility index (Phi) is 2.82. The Hall–Kier alpha value is -1.10. The Morgan fingerprint density at radius 2 is 1.80 bits per heavy atom. The van der Waals surface area contributed by atoms with Gasteiger partial charge >= 0.3 is 0 Å². The normalized spacial score (nSPS) is 12.1. The lowest BCUT2D eigenvalue weighted by Crippen LogP contribution is -2.38. The second-order valence-electron chi connectivity index (χ2n) is 1.54. The van der Waals surface area contributed by atoms with Crippen LogP contribution in [0.4, 0.5) is 0 Å². The smallest absolute Gasteiger partial charge is 0.264 e. The van der Waals surface area contributed by atoms with Gasteiger partial charge < -0.3 is 11.5 Å². The molecule has 0 heterocycles. The molecule has 0 rings (SSSR count). The third kappa shape index (κ3) is 2.02. The lowest BCUT2D eigenvalue weighted by atomic mass is 10.2. The predicted octanol–water partition coefficient (Wildman–Crippen LogP) is -1.42. The molecule has 1 atom stereocenters. The molecule has 0 saturated carbocycles. The minimum Gasteiger partial charge on any atom is -0.368 e. The molecule has 1 unspecified atom stereocenters. The second-order valence-corrected chi connectivity index (χ2v) is 1.98. The van der Waals surface area contributed by atoms with Gasteiger partial charge in [-0.15, -0.1) is 11.6 Å². The Balaban J connectivity index is 4.22. The average molecular weight is 164 g/mol. The van der Waals surface area contributed by atoms with Crippen molar-refractivity contribution in [3.05, 3.63) is 0 Å². The number of rotatable bonds is 3. The van der Waals surface area contributed by atoms with E-state index >= 15 is 0 Å². The van der Waals surface area contributed by atoms with Crippen LogP contribution >= 0.6 is 11.6 Å². The van der Waals surface area contributed by atoms with E-state index in [1.165, 1.54) is 0 Å². The lowest BCUT2D eigenvalue weighted by molar-refractivity contribution is -0.118. The highest BCUT2D eigenvalue weighted by atomic mass is 35.5. The van der Waals surface area contributed by atoms with E-state index in [0.29, 0.717) is 0 Å². The van der Waals surface area contributed by atoms with Crippen molar-refractivity contribution in [2.24, 2.45) is 11.5 Å². The zero-order chi connectivity index (χ0) is 8.31. The molecule has 0 aliphatic rings. The van der Waals surface area contributed by atoms with Crippen LogP contribution in [0.15, 0.2) is 0 Å². The minimum absolute atomic E-state index is 0.686. The topological polar surface area (TPSA) is 110 Å². The van der Waals surface area contributed by atoms with E-state index in [4.69, 9.17) is 17.0 Å². The summed E-state index contributed by atoms with van der Waals surface area (Å²) in [5.74, 6) is -2.00. The molecule has 2 amide bonds. The SMILES string of the molecule is N=C(C(N)=O)C(Cl)C(N)=O. The van der Waals surface area contributed by atoms with E-state index in [0.717, 1.165) is 0 Å². The van der Waals surface area contributed by atoms with Crippen LogP contribution in [0.5, 0.6) is 0 Å². The first kappa shape index (κ1) is 8.90. The van der Waals surface area contributed by atoms with Gasteiger partial charge in [-0.3, -0.25) is 15.0 Å². The molecule has 56 valence electrons. The Bertz CT molecular complexity index is 191. The van der Waals surface area contributed by atoms with Crippen LogP contribution in [0.3, 0.4) is 0 Å². The number of hydrogen-bond acceptors (Lipinski definition) is 3. The maximum absolute atomic E-state index is 10.2. The molecule has 5 N–H and O–H groups in total. The Morgan fingerprint density at radius 3 is 1.90 bits per heavy atom. The summed E-state index contributed by atoms with van der Waals surface area (Å²) in [6.07, 6.45) is 0. The number of amides is 2. The van der Waals surface area contributed by atoms with Crippen molar-refractivity contribution in [1.29, 1.82) is 5.41 Å². The summed E-state index contributed by atoms with van der Waals surface area (Å²) in [5.41, 5.74) is 8.59. The fourth-order valence-electron chi connectivity index (χ4n) is 0.267. The summed E-state index contributed by atoms with van der Waals surface area (Å²) in [4.78, 5) is 20.3. The quantitative estimate of drug-likeness (QED) is 0.351. The van der Waals surface area contributed by atoms with Gasteiger partial charge in [-0.2, -0.15) is 0 Å². The van der Waals surface area contributed by atoms with Gasteiger partial charge in [0.05, 0.1) is 0 Å². The highest BCUT2D eigenvalue weighted by Gasteiger charge is 2.21. The molecule has 0 fully saturated rings. The Labute approximate surface area is 61.8 Å². The van der Waals surface area contributed by atoms with Gasteiger partial charge in [0.25, 0.3) is 5.91 Å². The van der Waals surface area contributed by atoms with Gasteiger partial charge in [0, 0.05) is 0 Å². The molecule has 0 aromatic carbocycles. The van der Waals surface area contributed by atoms with Crippen LogP contribution in [-0.2, 0) is 9.59 Å². The van der Waals surface area contributed by atoms with Crippen LogP contribution in [0, 0.1) is 5.41 Å². The summed E-state index contributed by atoms with van der Waals surface area (Å²) >= 11 is 5.16. The third-order valence-electron chi connectivity index (χ3n) is 0.769. The van der Waals surface area contributed by atoms with Crippen molar-refractivity contribution in [1.82, 2.24) is 0 Å². The number of halogens is 1. The van der Waals surface area contributed by atoms with Crippen LogP contribution in [0.25, 0.3) is 0 Å². The molecule has 0 radical (unpaired) electrons. The number of alkyl halides is 1. The fourth-order valence-corrected chi connectivity index (χ4v) is 0.375. The molecule has 6 heteroatoms. The molecule has 0 saturated heterocycles. The van der Waals surface area contributed by atoms with E-state index < -0.39 is 22.9 Å². The van der Waals surface area contributed by atoms with E-state index in [9.17, 15) is 9.59 Å². The standard InChI is InChI=1S/C4H6ClN3O2/c5-1(3(7)9)2(6)4(8)10/h1,6H,(H2,7,9)(H2,8,10). The number of hydrogen-bond donors (Lipinski definition) is 3. The summed E-state index contributed by atoms with van der Waals surface area (Å²) in [5, 5.41) is 5.35. The number of carbonyl (C=O) groups excluding carboxylic acids is 2. The summed E-state index contributed by atoms with van der Waals surface area (Å²) in [6, 6.07) is 0. The van der Waals surface area contributed by atoms with Gasteiger partial charge in [0.1, 0.15) is 5.71 Å². The molecule has 10 heavy (non-hydrogen) atoms. The van der Waals surface area contributed by atoms with Gasteiger partial charge in [-0.25, -0.2) is 0 Å². The summed E-state index contributed by atoms with van der Waals surface area (Å²) in [7, 11) is 0. The lowest BCUT2D eigenvalue weighted by Gasteiger charge is -2.01. The zero-order valence-corrected chi connectivity index (χ0v) is 5.68. The predicted molar refractivity (Wildman–Crippen MR) is 35.8 cm³/mol. The monoisotopic (exact) mass is 163 g/mol. The van der Waals surface area contributed by atoms with Crippen molar-refractivity contribution in [3.8, 4) is 0 Å². The first-order valence-electron chi connectivity index (χ1n) is 2.28. The van der Waals surface area contributed by atoms with E-state index in [-0.39, 0.29) is 0 Å². The maximum atomic E-state index is 10.2.